The quantitative estimate of drug-likeness (QED) is 0.674. The van der Waals surface area contributed by atoms with Gasteiger partial charge >= 0.3 is 0 Å². The molecule has 0 atom stereocenters. The Morgan fingerprint density at radius 1 is 1.29 bits per heavy atom. The number of aryl methyl sites for hydroxylation is 2. The number of halogens is 2. The zero-order chi connectivity index (χ0) is 15.0. The standard InChI is InChI=1S/C15H13F2N3O/c16-10-4-2-6-12(13(10)17)21-15-9(14(18)19)7-8-3-1-5-11(8)20-15/h2,4,6-7H,1,3,5H2,(H3,18,19). The van der Waals surface area contributed by atoms with Crippen LogP contribution in [0.1, 0.15) is 23.2 Å². The number of hydrogen-bond acceptors (Lipinski definition) is 3. The fraction of sp³-hybridized carbons (Fsp3) is 0.200. The van der Waals surface area contributed by atoms with Crippen LogP contribution in [0, 0.1) is 17.0 Å². The third-order valence-electron chi connectivity index (χ3n) is 3.43. The molecule has 0 bridgehead atoms. The van der Waals surface area contributed by atoms with Gasteiger partial charge in [0.2, 0.25) is 11.7 Å². The summed E-state index contributed by atoms with van der Waals surface area (Å²) in [6, 6.07) is 5.39. The minimum atomic E-state index is -1.09. The molecule has 1 heterocycles. The molecule has 0 spiro atoms. The van der Waals surface area contributed by atoms with Crippen molar-refractivity contribution in [2.75, 3.05) is 0 Å². The van der Waals surface area contributed by atoms with Crippen molar-refractivity contribution in [3.63, 3.8) is 0 Å². The Labute approximate surface area is 120 Å². The number of hydrogen-bond donors (Lipinski definition) is 2. The van der Waals surface area contributed by atoms with Gasteiger partial charge in [0.1, 0.15) is 5.84 Å². The molecule has 21 heavy (non-hydrogen) atoms. The van der Waals surface area contributed by atoms with Crippen molar-refractivity contribution >= 4 is 5.84 Å². The highest BCUT2D eigenvalue weighted by Crippen LogP contribution is 2.31. The molecule has 4 nitrogen and oxygen atoms in total. The van der Waals surface area contributed by atoms with Crippen LogP contribution in [0.3, 0.4) is 0 Å². The summed E-state index contributed by atoms with van der Waals surface area (Å²) in [5.41, 5.74) is 7.69. The van der Waals surface area contributed by atoms with Gasteiger partial charge in [-0.05, 0) is 43.0 Å². The topological polar surface area (TPSA) is 72.0 Å². The first kappa shape index (κ1) is 13.5. The third-order valence-corrected chi connectivity index (χ3v) is 3.43. The number of rotatable bonds is 3. The lowest BCUT2D eigenvalue weighted by molar-refractivity contribution is 0.404. The molecule has 1 aliphatic carbocycles. The first-order valence-corrected chi connectivity index (χ1v) is 6.55. The molecule has 0 aliphatic heterocycles. The third kappa shape index (κ3) is 2.44. The van der Waals surface area contributed by atoms with E-state index < -0.39 is 11.6 Å². The van der Waals surface area contributed by atoms with Gasteiger partial charge in [0.05, 0.1) is 5.56 Å². The fourth-order valence-corrected chi connectivity index (χ4v) is 2.39. The van der Waals surface area contributed by atoms with Gasteiger partial charge < -0.3 is 10.5 Å². The van der Waals surface area contributed by atoms with Crippen LogP contribution in [-0.4, -0.2) is 10.8 Å². The van der Waals surface area contributed by atoms with Gasteiger partial charge in [-0.2, -0.15) is 4.39 Å². The average molecular weight is 289 g/mol. The lowest BCUT2D eigenvalue weighted by atomic mass is 10.1. The molecule has 0 unspecified atom stereocenters. The Kier molecular flexibility index (Phi) is 3.29. The van der Waals surface area contributed by atoms with Gasteiger partial charge in [-0.25, -0.2) is 9.37 Å². The van der Waals surface area contributed by atoms with E-state index in [9.17, 15) is 8.78 Å². The maximum atomic E-state index is 13.7. The van der Waals surface area contributed by atoms with E-state index in [-0.39, 0.29) is 17.5 Å². The summed E-state index contributed by atoms with van der Waals surface area (Å²) in [5, 5.41) is 7.59. The zero-order valence-corrected chi connectivity index (χ0v) is 11.1. The highest BCUT2D eigenvalue weighted by Gasteiger charge is 2.20. The SMILES string of the molecule is N=C(N)c1cc2c(nc1Oc1cccc(F)c1F)CCC2. The fourth-order valence-electron chi connectivity index (χ4n) is 2.39. The first-order valence-electron chi connectivity index (χ1n) is 6.55. The van der Waals surface area contributed by atoms with Crippen LogP contribution < -0.4 is 10.5 Å². The molecule has 0 saturated carbocycles. The van der Waals surface area contributed by atoms with Gasteiger partial charge in [0.25, 0.3) is 0 Å². The Balaban J connectivity index is 2.05. The normalized spacial score (nSPS) is 13.0. The van der Waals surface area contributed by atoms with Crippen LogP contribution >= 0.6 is 0 Å². The van der Waals surface area contributed by atoms with E-state index >= 15 is 0 Å². The smallest absolute Gasteiger partial charge is 0.230 e. The molecule has 108 valence electrons. The molecule has 0 radical (unpaired) electrons. The number of benzene rings is 1. The van der Waals surface area contributed by atoms with E-state index in [1.54, 1.807) is 6.07 Å². The molecule has 0 amide bonds. The van der Waals surface area contributed by atoms with Crippen molar-refractivity contribution < 1.29 is 13.5 Å². The van der Waals surface area contributed by atoms with Crippen LogP contribution in [0.2, 0.25) is 0 Å². The van der Waals surface area contributed by atoms with E-state index in [1.807, 2.05) is 0 Å². The van der Waals surface area contributed by atoms with E-state index in [0.29, 0.717) is 5.56 Å². The second-order valence-corrected chi connectivity index (χ2v) is 4.87. The predicted octanol–water partition coefficient (Wildman–Crippen LogP) is 2.92. The summed E-state index contributed by atoms with van der Waals surface area (Å²) in [5.74, 6) is -2.55. The number of nitrogen functional groups attached to an aromatic ring is 1. The van der Waals surface area contributed by atoms with Gasteiger partial charge in [-0.1, -0.05) is 6.07 Å². The highest BCUT2D eigenvalue weighted by molar-refractivity contribution is 5.97. The molecular formula is C15H13F2N3O. The highest BCUT2D eigenvalue weighted by atomic mass is 19.2. The van der Waals surface area contributed by atoms with Crippen LogP contribution in [-0.2, 0) is 12.8 Å². The maximum Gasteiger partial charge on any atom is 0.230 e. The minimum Gasteiger partial charge on any atom is -0.435 e. The number of fused-ring (bicyclic) bond motifs is 1. The number of aromatic nitrogens is 1. The summed E-state index contributed by atoms with van der Waals surface area (Å²) in [7, 11) is 0. The summed E-state index contributed by atoms with van der Waals surface area (Å²) in [6.45, 7) is 0. The molecule has 2 aromatic rings. The van der Waals surface area contributed by atoms with E-state index in [2.05, 4.69) is 4.98 Å². The van der Waals surface area contributed by atoms with Gasteiger partial charge in [0, 0.05) is 5.69 Å². The predicted molar refractivity (Wildman–Crippen MR) is 73.7 cm³/mol. The van der Waals surface area contributed by atoms with Gasteiger partial charge in [0.15, 0.2) is 11.6 Å². The lowest BCUT2D eigenvalue weighted by Crippen LogP contribution is -2.14. The van der Waals surface area contributed by atoms with Crippen molar-refractivity contribution in [2.24, 2.45) is 5.73 Å². The molecular weight excluding hydrogens is 276 g/mol. The number of pyridine rings is 1. The average Bonchev–Trinajstić information content (AvgIpc) is 2.90. The van der Waals surface area contributed by atoms with Crippen molar-refractivity contribution in [3.05, 3.63) is 52.7 Å². The molecule has 1 aromatic carbocycles. The molecule has 0 saturated heterocycles. The van der Waals surface area contributed by atoms with Crippen molar-refractivity contribution in [1.29, 1.82) is 5.41 Å². The number of nitrogens with zero attached hydrogens (tertiary/aromatic N) is 1. The van der Waals surface area contributed by atoms with Crippen LogP contribution in [0.4, 0.5) is 8.78 Å². The second-order valence-electron chi connectivity index (χ2n) is 4.87. The summed E-state index contributed by atoms with van der Waals surface area (Å²) < 4.78 is 32.3. The van der Waals surface area contributed by atoms with Crippen molar-refractivity contribution in [1.82, 2.24) is 4.98 Å². The molecule has 1 aromatic heterocycles. The van der Waals surface area contributed by atoms with Gasteiger partial charge in [-0.3, -0.25) is 5.41 Å². The van der Waals surface area contributed by atoms with E-state index in [4.69, 9.17) is 15.9 Å². The summed E-state index contributed by atoms with van der Waals surface area (Å²) in [4.78, 5) is 4.31. The molecule has 6 heteroatoms. The molecule has 3 N–H and O–H groups in total. The Bertz CT molecular complexity index is 731. The van der Waals surface area contributed by atoms with Crippen molar-refractivity contribution in [3.8, 4) is 11.6 Å². The molecule has 1 aliphatic rings. The zero-order valence-electron chi connectivity index (χ0n) is 11.1. The molecule has 3 rings (SSSR count). The monoisotopic (exact) mass is 289 g/mol. The molecule has 0 fully saturated rings. The number of ether oxygens (including phenoxy) is 1. The van der Waals surface area contributed by atoms with E-state index in [0.717, 1.165) is 36.6 Å². The lowest BCUT2D eigenvalue weighted by Gasteiger charge is -2.12. The van der Waals surface area contributed by atoms with Crippen LogP contribution in [0.5, 0.6) is 11.6 Å². The summed E-state index contributed by atoms with van der Waals surface area (Å²) in [6.07, 6.45) is 2.64. The summed E-state index contributed by atoms with van der Waals surface area (Å²) >= 11 is 0. The Morgan fingerprint density at radius 2 is 2.10 bits per heavy atom. The minimum absolute atomic E-state index is 0.0349. The Morgan fingerprint density at radius 3 is 2.86 bits per heavy atom. The maximum absolute atomic E-state index is 13.7. The first-order chi connectivity index (χ1) is 10.1. The largest absolute Gasteiger partial charge is 0.435 e. The number of nitrogens with two attached hydrogens (primary N) is 1. The van der Waals surface area contributed by atoms with Gasteiger partial charge in [-0.15, -0.1) is 0 Å². The number of nitrogens with one attached hydrogen (secondary N) is 1. The van der Waals surface area contributed by atoms with Crippen LogP contribution in [0.15, 0.2) is 24.3 Å². The van der Waals surface area contributed by atoms with E-state index in [1.165, 1.54) is 12.1 Å². The van der Waals surface area contributed by atoms with Crippen molar-refractivity contribution in [2.45, 2.75) is 19.3 Å². The number of amidine groups is 1. The second kappa shape index (κ2) is 5.12. The van der Waals surface area contributed by atoms with Crippen LogP contribution in [0.25, 0.3) is 0 Å². The Hall–Kier alpha value is -2.50.